The van der Waals surface area contributed by atoms with E-state index in [1.165, 1.54) is 30.7 Å². The topological polar surface area (TPSA) is 78.9 Å². The molecule has 0 amide bonds. The summed E-state index contributed by atoms with van der Waals surface area (Å²) in [6, 6.07) is 7.14. The molecule has 0 N–H and O–H groups in total. The number of aryl methyl sites for hydroxylation is 1. The molecule has 162 valence electrons. The van der Waals surface area contributed by atoms with Crippen molar-refractivity contribution in [2.45, 2.75) is 31.1 Å². The Kier molecular flexibility index (Phi) is 6.10. The van der Waals surface area contributed by atoms with Gasteiger partial charge in [0.1, 0.15) is 16.5 Å². The molecule has 0 radical (unpaired) electrons. The van der Waals surface area contributed by atoms with Crippen molar-refractivity contribution >= 4 is 21.8 Å². The summed E-state index contributed by atoms with van der Waals surface area (Å²) < 4.78 is 33.3. The fraction of sp³-hybridized carbons (Fsp3) is 0.524. The number of hydrogen-bond donors (Lipinski definition) is 0. The molecule has 1 aromatic heterocycles. The predicted molar refractivity (Wildman–Crippen MR) is 117 cm³/mol. The minimum Gasteiger partial charge on any atom is -0.495 e. The van der Waals surface area contributed by atoms with Crippen LogP contribution in [0.4, 0.5) is 11.8 Å². The van der Waals surface area contributed by atoms with Crippen LogP contribution in [-0.4, -0.2) is 69.1 Å². The van der Waals surface area contributed by atoms with E-state index in [4.69, 9.17) is 9.72 Å². The van der Waals surface area contributed by atoms with E-state index >= 15 is 0 Å². The van der Waals surface area contributed by atoms with Crippen LogP contribution >= 0.6 is 0 Å². The Labute approximate surface area is 178 Å². The van der Waals surface area contributed by atoms with Crippen molar-refractivity contribution in [2.75, 3.05) is 56.2 Å². The zero-order valence-corrected chi connectivity index (χ0v) is 18.4. The first-order valence-electron chi connectivity index (χ1n) is 10.5. The zero-order valence-electron chi connectivity index (χ0n) is 17.6. The van der Waals surface area contributed by atoms with Gasteiger partial charge in [0, 0.05) is 45.5 Å². The Balaban J connectivity index is 1.47. The average Bonchev–Trinajstić information content (AvgIpc) is 2.80. The highest BCUT2D eigenvalue weighted by Crippen LogP contribution is 2.29. The second-order valence-corrected chi connectivity index (χ2v) is 9.71. The monoisotopic (exact) mass is 431 g/mol. The van der Waals surface area contributed by atoms with Gasteiger partial charge in [-0.25, -0.2) is 13.4 Å². The summed E-state index contributed by atoms with van der Waals surface area (Å²) in [6.07, 6.45) is 5.41. The Morgan fingerprint density at radius 2 is 1.67 bits per heavy atom. The lowest BCUT2D eigenvalue weighted by Gasteiger charge is -2.35. The van der Waals surface area contributed by atoms with Crippen LogP contribution in [0.3, 0.4) is 0 Å². The number of piperidine rings is 1. The maximum absolute atomic E-state index is 13.2. The van der Waals surface area contributed by atoms with E-state index in [0.29, 0.717) is 31.9 Å². The molecule has 2 aliphatic rings. The first kappa shape index (κ1) is 20.9. The predicted octanol–water partition coefficient (Wildman–Crippen LogP) is 2.29. The highest BCUT2D eigenvalue weighted by atomic mass is 32.2. The van der Waals surface area contributed by atoms with Crippen molar-refractivity contribution in [1.29, 1.82) is 0 Å². The molecule has 3 heterocycles. The van der Waals surface area contributed by atoms with Gasteiger partial charge in [0.05, 0.1) is 7.11 Å². The summed E-state index contributed by atoms with van der Waals surface area (Å²) in [6.45, 7) is 5.85. The molecule has 0 atom stereocenters. The molecule has 0 saturated carbocycles. The average molecular weight is 432 g/mol. The van der Waals surface area contributed by atoms with E-state index in [9.17, 15) is 8.42 Å². The summed E-state index contributed by atoms with van der Waals surface area (Å²) in [7, 11) is -2.12. The standard InChI is InChI=1S/C21H29N5O3S/c1-17-6-7-18(29-2)19(16-17)30(27,28)26-14-12-24(13-15-26)20-8-9-22-21(23-20)25-10-4-3-5-11-25/h6-9,16H,3-5,10-15H2,1-2H3. The number of sulfonamides is 1. The second-order valence-electron chi connectivity index (χ2n) is 7.81. The molecule has 0 bridgehead atoms. The number of nitrogens with zero attached hydrogens (tertiary/aromatic N) is 5. The summed E-state index contributed by atoms with van der Waals surface area (Å²) in [5.41, 5.74) is 0.888. The second kappa shape index (κ2) is 8.77. The number of piperazine rings is 1. The van der Waals surface area contributed by atoms with Gasteiger partial charge in [-0.1, -0.05) is 6.07 Å². The summed E-state index contributed by atoms with van der Waals surface area (Å²) in [5.74, 6) is 2.01. The van der Waals surface area contributed by atoms with Gasteiger partial charge in [-0.15, -0.1) is 0 Å². The minimum absolute atomic E-state index is 0.230. The van der Waals surface area contributed by atoms with Gasteiger partial charge in [-0.2, -0.15) is 9.29 Å². The lowest BCUT2D eigenvalue weighted by atomic mass is 10.1. The Hall–Kier alpha value is -2.39. The fourth-order valence-corrected chi connectivity index (χ4v) is 5.71. The molecular formula is C21H29N5O3S. The molecular weight excluding hydrogens is 402 g/mol. The van der Waals surface area contributed by atoms with Crippen LogP contribution in [0.2, 0.25) is 0 Å². The molecule has 0 spiro atoms. The van der Waals surface area contributed by atoms with E-state index < -0.39 is 10.0 Å². The van der Waals surface area contributed by atoms with Crippen LogP contribution in [0.25, 0.3) is 0 Å². The van der Waals surface area contributed by atoms with E-state index in [1.54, 1.807) is 18.3 Å². The maximum Gasteiger partial charge on any atom is 0.246 e. The third-order valence-corrected chi connectivity index (χ3v) is 7.69. The van der Waals surface area contributed by atoms with Crippen molar-refractivity contribution in [1.82, 2.24) is 14.3 Å². The quantitative estimate of drug-likeness (QED) is 0.719. The van der Waals surface area contributed by atoms with Gasteiger partial charge in [0.2, 0.25) is 16.0 Å². The molecule has 8 nitrogen and oxygen atoms in total. The summed E-state index contributed by atoms with van der Waals surface area (Å²) >= 11 is 0. The molecule has 2 fully saturated rings. The van der Waals surface area contributed by atoms with Gasteiger partial charge in [-0.05, 0) is 49.9 Å². The first-order valence-corrected chi connectivity index (χ1v) is 11.9. The number of aromatic nitrogens is 2. The van der Waals surface area contributed by atoms with Crippen molar-refractivity contribution in [3.8, 4) is 5.75 Å². The van der Waals surface area contributed by atoms with Crippen LogP contribution < -0.4 is 14.5 Å². The van der Waals surface area contributed by atoms with Gasteiger partial charge < -0.3 is 14.5 Å². The third-order valence-electron chi connectivity index (χ3n) is 5.77. The van der Waals surface area contributed by atoms with Crippen LogP contribution in [0.15, 0.2) is 35.4 Å². The fourth-order valence-electron chi connectivity index (χ4n) is 4.04. The largest absolute Gasteiger partial charge is 0.495 e. The molecule has 30 heavy (non-hydrogen) atoms. The third kappa shape index (κ3) is 4.22. The number of methoxy groups -OCH3 is 1. The van der Waals surface area contributed by atoms with E-state index in [1.807, 2.05) is 19.1 Å². The van der Waals surface area contributed by atoms with Gasteiger partial charge >= 0.3 is 0 Å². The van der Waals surface area contributed by atoms with Crippen LogP contribution in [0.5, 0.6) is 5.75 Å². The number of rotatable bonds is 5. The van der Waals surface area contributed by atoms with Crippen LogP contribution in [-0.2, 0) is 10.0 Å². The number of anilines is 2. The number of ether oxygens (including phenoxy) is 1. The Morgan fingerprint density at radius 1 is 0.933 bits per heavy atom. The lowest BCUT2D eigenvalue weighted by Crippen LogP contribution is -2.49. The Bertz CT molecular complexity index is 984. The number of benzene rings is 1. The Morgan fingerprint density at radius 3 is 2.37 bits per heavy atom. The summed E-state index contributed by atoms with van der Waals surface area (Å²) in [4.78, 5) is 13.8. The van der Waals surface area contributed by atoms with Crippen LogP contribution in [0.1, 0.15) is 24.8 Å². The molecule has 1 aromatic carbocycles. The van der Waals surface area contributed by atoms with E-state index in [2.05, 4.69) is 14.8 Å². The minimum atomic E-state index is -3.62. The van der Waals surface area contributed by atoms with E-state index in [-0.39, 0.29) is 4.90 Å². The normalized spacial score (nSPS) is 18.5. The van der Waals surface area contributed by atoms with Crippen molar-refractivity contribution in [3.05, 3.63) is 36.0 Å². The van der Waals surface area contributed by atoms with Gasteiger partial charge in [0.25, 0.3) is 0 Å². The van der Waals surface area contributed by atoms with E-state index in [0.717, 1.165) is 30.4 Å². The molecule has 2 aromatic rings. The zero-order chi connectivity index (χ0) is 21.1. The number of hydrogen-bond acceptors (Lipinski definition) is 7. The smallest absolute Gasteiger partial charge is 0.246 e. The molecule has 4 rings (SSSR count). The molecule has 0 unspecified atom stereocenters. The SMILES string of the molecule is COc1ccc(C)cc1S(=O)(=O)N1CCN(c2ccnc(N3CCCCC3)n2)CC1. The van der Waals surface area contributed by atoms with Crippen molar-refractivity contribution < 1.29 is 13.2 Å². The lowest BCUT2D eigenvalue weighted by molar-refractivity contribution is 0.373. The summed E-state index contributed by atoms with van der Waals surface area (Å²) in [5, 5.41) is 0. The van der Waals surface area contributed by atoms with Gasteiger partial charge in [-0.3, -0.25) is 0 Å². The highest BCUT2D eigenvalue weighted by molar-refractivity contribution is 7.89. The molecule has 0 aliphatic carbocycles. The molecule has 2 saturated heterocycles. The van der Waals surface area contributed by atoms with Crippen molar-refractivity contribution in [3.63, 3.8) is 0 Å². The molecule has 2 aliphatic heterocycles. The highest BCUT2D eigenvalue weighted by Gasteiger charge is 2.31. The van der Waals surface area contributed by atoms with Crippen LogP contribution in [0, 0.1) is 6.92 Å². The molecule has 9 heteroatoms. The van der Waals surface area contributed by atoms with Gasteiger partial charge in [0.15, 0.2) is 0 Å². The first-order chi connectivity index (χ1) is 14.5. The maximum atomic E-state index is 13.2. The van der Waals surface area contributed by atoms with Crippen molar-refractivity contribution in [2.24, 2.45) is 0 Å².